The maximum absolute atomic E-state index is 10.2. The molecule has 50 valence electrons. The lowest BCUT2D eigenvalue weighted by Crippen LogP contribution is -2.12. The Hall–Kier alpha value is -1.26. The molecule has 0 aromatic heterocycles. The van der Waals surface area contributed by atoms with E-state index in [1.54, 1.807) is 0 Å². The molecule has 0 spiro atoms. The second-order valence-corrected chi connectivity index (χ2v) is 1.27. The van der Waals surface area contributed by atoms with Gasteiger partial charge in [0.05, 0.1) is 0 Å². The van der Waals surface area contributed by atoms with E-state index in [9.17, 15) is 9.59 Å². The minimum Gasteiger partial charge on any atom is -0.338 e. The lowest BCUT2D eigenvalue weighted by atomic mass is 10.8. The van der Waals surface area contributed by atoms with Crippen molar-refractivity contribution in [1.82, 2.24) is 5.32 Å². The molecule has 0 aromatic rings. The number of carbonyl (C=O) groups excluding carboxylic acids is 2. The molecule has 0 aliphatic heterocycles. The molecule has 0 radical (unpaired) electrons. The summed E-state index contributed by atoms with van der Waals surface area (Å²) in [6.45, 7) is 1.21. The van der Waals surface area contributed by atoms with Crippen LogP contribution in [0.2, 0.25) is 0 Å². The van der Waals surface area contributed by atoms with E-state index in [1.165, 1.54) is 14.0 Å². The second kappa shape index (κ2) is 3.71. The maximum atomic E-state index is 10.2. The Balaban J connectivity index is 3.71. The summed E-state index contributed by atoms with van der Waals surface area (Å²) in [6, 6.07) is -0.620. The SMILES string of the molecule is CNC(=O)N=NC(C)=O. The van der Waals surface area contributed by atoms with Crippen molar-refractivity contribution < 1.29 is 9.59 Å². The first-order valence-corrected chi connectivity index (χ1v) is 2.31. The molecule has 0 unspecified atom stereocenters. The van der Waals surface area contributed by atoms with E-state index >= 15 is 0 Å². The smallest absolute Gasteiger partial charge is 0.338 e. The van der Waals surface area contributed by atoms with Gasteiger partial charge in [0, 0.05) is 14.0 Å². The zero-order valence-electron chi connectivity index (χ0n) is 5.21. The van der Waals surface area contributed by atoms with Crippen LogP contribution in [-0.2, 0) is 4.79 Å². The van der Waals surface area contributed by atoms with Crippen LogP contribution in [0.4, 0.5) is 4.79 Å². The number of hydrogen-bond acceptors (Lipinski definition) is 2. The number of urea groups is 1. The zero-order valence-corrected chi connectivity index (χ0v) is 5.21. The Morgan fingerprint density at radius 1 is 1.33 bits per heavy atom. The molecule has 3 amide bonds. The summed E-state index contributed by atoms with van der Waals surface area (Å²) in [5, 5.41) is 8.11. The van der Waals surface area contributed by atoms with E-state index in [-0.39, 0.29) is 0 Å². The normalized spacial score (nSPS) is 9.56. The highest BCUT2D eigenvalue weighted by Gasteiger charge is 1.90. The Kier molecular flexibility index (Phi) is 3.19. The van der Waals surface area contributed by atoms with Gasteiger partial charge in [-0.1, -0.05) is 5.11 Å². The number of carbonyl (C=O) groups is 2. The molecular weight excluding hydrogens is 122 g/mol. The highest BCUT2D eigenvalue weighted by Crippen LogP contribution is 1.77. The predicted molar refractivity (Wildman–Crippen MR) is 30.0 cm³/mol. The fourth-order valence-electron chi connectivity index (χ4n) is 0.166. The summed E-state index contributed by atoms with van der Waals surface area (Å²) in [6.07, 6.45) is 0. The monoisotopic (exact) mass is 129 g/mol. The molecule has 0 aromatic carbocycles. The molecule has 0 aliphatic rings. The molecule has 1 N–H and O–H groups in total. The Bertz CT molecular complexity index is 152. The Morgan fingerprint density at radius 2 is 1.89 bits per heavy atom. The van der Waals surface area contributed by atoms with Gasteiger partial charge in [-0.2, -0.15) is 0 Å². The fourth-order valence-corrected chi connectivity index (χ4v) is 0.166. The van der Waals surface area contributed by atoms with Crippen molar-refractivity contribution >= 4 is 11.9 Å². The maximum Gasteiger partial charge on any atom is 0.359 e. The van der Waals surface area contributed by atoms with E-state index in [2.05, 4.69) is 15.5 Å². The van der Waals surface area contributed by atoms with Crippen molar-refractivity contribution in [2.45, 2.75) is 6.92 Å². The van der Waals surface area contributed by atoms with Crippen LogP contribution in [0.3, 0.4) is 0 Å². The molecule has 0 atom stereocenters. The molecule has 5 heteroatoms. The minimum atomic E-state index is -0.620. The van der Waals surface area contributed by atoms with Crippen molar-refractivity contribution in [1.29, 1.82) is 0 Å². The first-order valence-electron chi connectivity index (χ1n) is 2.31. The molecule has 0 saturated carbocycles. The predicted octanol–water partition coefficient (Wildman–Crippen LogP) is 0.325. The third kappa shape index (κ3) is 4.60. The number of hydrogen-bond donors (Lipinski definition) is 1. The molecule has 0 aliphatic carbocycles. The highest BCUT2D eigenvalue weighted by molar-refractivity contribution is 5.78. The summed E-state index contributed by atoms with van der Waals surface area (Å²) in [7, 11) is 1.40. The van der Waals surface area contributed by atoms with Crippen LogP contribution in [0.15, 0.2) is 10.2 Å². The van der Waals surface area contributed by atoms with Gasteiger partial charge in [0.2, 0.25) is 0 Å². The third-order valence-electron chi connectivity index (χ3n) is 0.496. The van der Waals surface area contributed by atoms with Crippen LogP contribution in [-0.4, -0.2) is 19.0 Å². The molecule has 0 heterocycles. The summed E-state index contributed by atoms with van der Waals surface area (Å²) in [5.74, 6) is -0.487. The van der Waals surface area contributed by atoms with E-state index in [0.717, 1.165) is 0 Å². The number of nitrogens with one attached hydrogen (secondary N) is 1. The molecular formula is C4H7N3O2. The number of nitrogens with zero attached hydrogens (tertiary/aromatic N) is 2. The average Bonchev–Trinajstić information content (AvgIpc) is 1.83. The summed E-state index contributed by atoms with van der Waals surface area (Å²) in [5.41, 5.74) is 0. The van der Waals surface area contributed by atoms with Crippen molar-refractivity contribution in [3.8, 4) is 0 Å². The van der Waals surface area contributed by atoms with Crippen LogP contribution in [0.5, 0.6) is 0 Å². The lowest BCUT2D eigenvalue weighted by molar-refractivity contribution is -0.116. The first kappa shape index (κ1) is 7.74. The highest BCUT2D eigenvalue weighted by atomic mass is 16.2. The van der Waals surface area contributed by atoms with Gasteiger partial charge in [-0.15, -0.1) is 5.11 Å². The van der Waals surface area contributed by atoms with Gasteiger partial charge >= 0.3 is 6.03 Å². The number of rotatable bonds is 0. The quantitative estimate of drug-likeness (QED) is 0.478. The standard InChI is InChI=1S/C4H7N3O2/c1-3(8)6-7-4(9)5-2/h1-2H3,(H,5,9). The summed E-state index contributed by atoms with van der Waals surface area (Å²) < 4.78 is 0. The molecule has 0 rings (SSSR count). The molecule has 0 fully saturated rings. The number of amides is 3. The minimum absolute atomic E-state index is 0.487. The van der Waals surface area contributed by atoms with Crippen molar-refractivity contribution in [3.63, 3.8) is 0 Å². The third-order valence-corrected chi connectivity index (χ3v) is 0.496. The largest absolute Gasteiger partial charge is 0.359 e. The van der Waals surface area contributed by atoms with Crippen molar-refractivity contribution in [2.75, 3.05) is 7.05 Å². The van der Waals surface area contributed by atoms with Gasteiger partial charge in [-0.3, -0.25) is 4.79 Å². The topological polar surface area (TPSA) is 70.9 Å². The molecule has 0 saturated heterocycles. The average molecular weight is 129 g/mol. The van der Waals surface area contributed by atoms with Crippen LogP contribution in [0.25, 0.3) is 0 Å². The van der Waals surface area contributed by atoms with Crippen LogP contribution in [0, 0.1) is 0 Å². The Labute approximate surface area is 52.2 Å². The van der Waals surface area contributed by atoms with Crippen molar-refractivity contribution in [2.24, 2.45) is 10.2 Å². The second-order valence-electron chi connectivity index (χ2n) is 1.27. The van der Waals surface area contributed by atoms with Crippen molar-refractivity contribution in [3.05, 3.63) is 0 Å². The number of azo groups is 1. The van der Waals surface area contributed by atoms with Gasteiger partial charge < -0.3 is 5.32 Å². The van der Waals surface area contributed by atoms with Gasteiger partial charge in [-0.05, 0) is 0 Å². The Morgan fingerprint density at radius 3 is 2.22 bits per heavy atom. The van der Waals surface area contributed by atoms with E-state index < -0.39 is 11.9 Å². The lowest BCUT2D eigenvalue weighted by Gasteiger charge is -1.83. The van der Waals surface area contributed by atoms with Crippen LogP contribution in [0.1, 0.15) is 6.92 Å². The zero-order chi connectivity index (χ0) is 7.28. The molecule has 5 nitrogen and oxygen atoms in total. The van der Waals surface area contributed by atoms with Gasteiger partial charge in [0.15, 0.2) is 0 Å². The van der Waals surface area contributed by atoms with E-state index in [4.69, 9.17) is 0 Å². The van der Waals surface area contributed by atoms with Gasteiger partial charge in [-0.25, -0.2) is 4.79 Å². The van der Waals surface area contributed by atoms with Gasteiger partial charge in [0.25, 0.3) is 5.91 Å². The molecule has 9 heavy (non-hydrogen) atoms. The van der Waals surface area contributed by atoms with E-state index in [0.29, 0.717) is 0 Å². The summed E-state index contributed by atoms with van der Waals surface area (Å²) >= 11 is 0. The molecule has 0 bridgehead atoms. The van der Waals surface area contributed by atoms with Crippen LogP contribution < -0.4 is 5.32 Å². The fraction of sp³-hybridized carbons (Fsp3) is 0.500. The van der Waals surface area contributed by atoms with Gasteiger partial charge in [0.1, 0.15) is 0 Å². The summed E-state index contributed by atoms with van der Waals surface area (Å²) in [4.78, 5) is 20.2. The van der Waals surface area contributed by atoms with Crippen LogP contribution >= 0.6 is 0 Å². The van der Waals surface area contributed by atoms with E-state index in [1.807, 2.05) is 0 Å². The first-order chi connectivity index (χ1) is 4.16.